The Morgan fingerprint density at radius 2 is 2.29 bits per heavy atom. The van der Waals surface area contributed by atoms with Gasteiger partial charge in [-0.3, -0.25) is 4.68 Å². The summed E-state index contributed by atoms with van der Waals surface area (Å²) in [4.78, 5) is 0. The highest BCUT2D eigenvalue weighted by atomic mass is 16.3. The molecule has 2 heterocycles. The maximum atomic E-state index is 5.83. The minimum absolute atomic E-state index is 0.713. The summed E-state index contributed by atoms with van der Waals surface area (Å²) in [6, 6.07) is 6.76. The first-order valence-corrected chi connectivity index (χ1v) is 6.21. The summed E-state index contributed by atoms with van der Waals surface area (Å²) < 4.78 is 7.77. The lowest BCUT2D eigenvalue weighted by molar-refractivity contribution is 0.487. The van der Waals surface area contributed by atoms with Crippen molar-refractivity contribution in [1.29, 1.82) is 0 Å². The van der Waals surface area contributed by atoms with E-state index < -0.39 is 0 Å². The number of aromatic nitrogens is 2. The van der Waals surface area contributed by atoms with E-state index in [0.717, 1.165) is 30.3 Å². The van der Waals surface area contributed by atoms with Gasteiger partial charge in [0.25, 0.3) is 0 Å². The normalized spacial score (nSPS) is 15.4. The van der Waals surface area contributed by atoms with E-state index in [1.165, 1.54) is 12.8 Å². The Balaban J connectivity index is 1.74. The quantitative estimate of drug-likeness (QED) is 0.859. The minimum atomic E-state index is 0.713. The molecule has 4 heteroatoms. The summed E-state index contributed by atoms with van der Waals surface area (Å²) in [5.41, 5.74) is 1.05. The number of hydrogen-bond acceptors (Lipinski definition) is 3. The van der Waals surface area contributed by atoms with Gasteiger partial charge in [-0.2, -0.15) is 5.10 Å². The van der Waals surface area contributed by atoms with Crippen LogP contribution in [0.25, 0.3) is 11.5 Å². The molecule has 0 spiro atoms. The Hall–Kier alpha value is -1.55. The number of hydrogen-bond donors (Lipinski definition) is 1. The van der Waals surface area contributed by atoms with Gasteiger partial charge in [0, 0.05) is 18.8 Å². The summed E-state index contributed by atoms with van der Waals surface area (Å²) in [6.45, 7) is 3.76. The van der Waals surface area contributed by atoms with Crippen LogP contribution in [0.15, 0.2) is 28.8 Å². The third-order valence-corrected chi connectivity index (χ3v) is 3.07. The standard InChI is InChI=1S/C13H17N3O/c1-2-16-12(7-8-15-16)13-6-5-11(17-13)9-14-10-3-4-10/h5-8,10,14H,2-4,9H2,1H3. The average molecular weight is 231 g/mol. The second kappa shape index (κ2) is 4.37. The van der Waals surface area contributed by atoms with Gasteiger partial charge in [-0.15, -0.1) is 0 Å². The molecule has 1 fully saturated rings. The van der Waals surface area contributed by atoms with Crippen molar-refractivity contribution in [2.24, 2.45) is 0 Å². The van der Waals surface area contributed by atoms with Crippen molar-refractivity contribution >= 4 is 0 Å². The summed E-state index contributed by atoms with van der Waals surface area (Å²) in [5.74, 6) is 1.90. The molecule has 2 aromatic rings. The fourth-order valence-corrected chi connectivity index (χ4v) is 1.94. The van der Waals surface area contributed by atoms with Crippen molar-refractivity contribution in [3.8, 4) is 11.5 Å². The Bertz CT molecular complexity index is 496. The fraction of sp³-hybridized carbons (Fsp3) is 0.462. The smallest absolute Gasteiger partial charge is 0.152 e. The molecule has 1 N–H and O–H groups in total. The number of rotatable bonds is 5. The molecule has 2 aromatic heterocycles. The van der Waals surface area contributed by atoms with Crippen molar-refractivity contribution in [2.75, 3.05) is 0 Å². The molecule has 4 nitrogen and oxygen atoms in total. The molecule has 17 heavy (non-hydrogen) atoms. The predicted octanol–water partition coefficient (Wildman–Crippen LogP) is 2.42. The molecule has 90 valence electrons. The zero-order chi connectivity index (χ0) is 11.7. The van der Waals surface area contributed by atoms with Gasteiger partial charge in [0.05, 0.1) is 6.54 Å². The molecule has 0 unspecified atom stereocenters. The van der Waals surface area contributed by atoms with Crippen LogP contribution in [0.1, 0.15) is 25.5 Å². The molecule has 0 radical (unpaired) electrons. The summed E-state index contributed by atoms with van der Waals surface area (Å²) >= 11 is 0. The molecule has 0 atom stereocenters. The van der Waals surface area contributed by atoms with Crippen LogP contribution < -0.4 is 5.32 Å². The van der Waals surface area contributed by atoms with Crippen LogP contribution in [0.4, 0.5) is 0 Å². The van der Waals surface area contributed by atoms with Crippen LogP contribution in [-0.4, -0.2) is 15.8 Å². The third-order valence-electron chi connectivity index (χ3n) is 3.07. The molecule has 0 saturated heterocycles. The average Bonchev–Trinajstić information content (AvgIpc) is 2.89. The van der Waals surface area contributed by atoms with E-state index in [1.807, 2.05) is 29.1 Å². The molecule has 1 saturated carbocycles. The first-order chi connectivity index (χ1) is 8.36. The Morgan fingerprint density at radius 3 is 3.06 bits per heavy atom. The van der Waals surface area contributed by atoms with E-state index in [1.54, 1.807) is 0 Å². The lowest BCUT2D eigenvalue weighted by Crippen LogP contribution is -2.14. The number of nitrogens with one attached hydrogen (secondary N) is 1. The molecule has 1 aliphatic rings. The zero-order valence-corrected chi connectivity index (χ0v) is 10.0. The van der Waals surface area contributed by atoms with Gasteiger partial charge in [-0.25, -0.2) is 0 Å². The monoisotopic (exact) mass is 231 g/mol. The van der Waals surface area contributed by atoms with Gasteiger partial charge in [0.2, 0.25) is 0 Å². The van der Waals surface area contributed by atoms with E-state index in [-0.39, 0.29) is 0 Å². The van der Waals surface area contributed by atoms with Crippen LogP contribution in [0, 0.1) is 0 Å². The molecule has 1 aliphatic carbocycles. The van der Waals surface area contributed by atoms with E-state index in [4.69, 9.17) is 4.42 Å². The lowest BCUT2D eigenvalue weighted by atomic mass is 10.3. The number of furan rings is 1. The van der Waals surface area contributed by atoms with Gasteiger partial charge in [0.1, 0.15) is 11.5 Å². The first-order valence-electron chi connectivity index (χ1n) is 6.21. The predicted molar refractivity (Wildman–Crippen MR) is 65.5 cm³/mol. The van der Waals surface area contributed by atoms with E-state index in [2.05, 4.69) is 17.3 Å². The van der Waals surface area contributed by atoms with Crippen LogP contribution in [-0.2, 0) is 13.1 Å². The second-order valence-electron chi connectivity index (χ2n) is 4.45. The van der Waals surface area contributed by atoms with E-state index in [0.29, 0.717) is 6.04 Å². The van der Waals surface area contributed by atoms with Gasteiger partial charge in [-0.1, -0.05) is 0 Å². The van der Waals surface area contributed by atoms with Gasteiger partial charge in [0.15, 0.2) is 5.76 Å². The van der Waals surface area contributed by atoms with Crippen molar-refractivity contribution in [3.05, 3.63) is 30.2 Å². The van der Waals surface area contributed by atoms with Gasteiger partial charge >= 0.3 is 0 Å². The Kier molecular flexibility index (Phi) is 2.73. The largest absolute Gasteiger partial charge is 0.458 e. The lowest BCUT2D eigenvalue weighted by Gasteiger charge is -2.01. The molecule has 3 rings (SSSR count). The highest BCUT2D eigenvalue weighted by Gasteiger charge is 2.20. The van der Waals surface area contributed by atoms with Crippen LogP contribution >= 0.6 is 0 Å². The third kappa shape index (κ3) is 2.26. The van der Waals surface area contributed by atoms with Crippen LogP contribution in [0.3, 0.4) is 0 Å². The first kappa shape index (κ1) is 10.6. The maximum Gasteiger partial charge on any atom is 0.152 e. The molecule has 0 aromatic carbocycles. The SMILES string of the molecule is CCn1nccc1-c1ccc(CNC2CC2)o1. The molecule has 0 aliphatic heterocycles. The van der Waals surface area contributed by atoms with Crippen LogP contribution in [0.2, 0.25) is 0 Å². The van der Waals surface area contributed by atoms with Gasteiger partial charge < -0.3 is 9.73 Å². The topological polar surface area (TPSA) is 43.0 Å². The second-order valence-corrected chi connectivity index (χ2v) is 4.45. The highest BCUT2D eigenvalue weighted by molar-refractivity contribution is 5.52. The highest BCUT2D eigenvalue weighted by Crippen LogP contribution is 2.23. The fourth-order valence-electron chi connectivity index (χ4n) is 1.94. The number of aryl methyl sites for hydroxylation is 1. The number of nitrogens with zero attached hydrogens (tertiary/aromatic N) is 2. The van der Waals surface area contributed by atoms with Crippen LogP contribution in [0.5, 0.6) is 0 Å². The molecule has 0 bridgehead atoms. The van der Waals surface area contributed by atoms with E-state index >= 15 is 0 Å². The van der Waals surface area contributed by atoms with Crippen molar-refractivity contribution in [2.45, 2.75) is 38.9 Å². The molecule has 0 amide bonds. The van der Waals surface area contributed by atoms with Gasteiger partial charge in [-0.05, 0) is 38.0 Å². The Morgan fingerprint density at radius 1 is 1.41 bits per heavy atom. The van der Waals surface area contributed by atoms with Crippen molar-refractivity contribution in [3.63, 3.8) is 0 Å². The summed E-state index contributed by atoms with van der Waals surface area (Å²) in [7, 11) is 0. The zero-order valence-electron chi connectivity index (χ0n) is 10.0. The summed E-state index contributed by atoms with van der Waals surface area (Å²) in [6.07, 6.45) is 4.41. The maximum absolute atomic E-state index is 5.83. The summed E-state index contributed by atoms with van der Waals surface area (Å²) in [5, 5.41) is 7.69. The Labute approximate surface area is 101 Å². The van der Waals surface area contributed by atoms with Crippen molar-refractivity contribution in [1.82, 2.24) is 15.1 Å². The molecular weight excluding hydrogens is 214 g/mol. The minimum Gasteiger partial charge on any atom is -0.458 e. The van der Waals surface area contributed by atoms with Crippen molar-refractivity contribution < 1.29 is 4.42 Å². The van der Waals surface area contributed by atoms with E-state index in [9.17, 15) is 0 Å². The molecular formula is C13H17N3O.